The van der Waals surface area contributed by atoms with Crippen LogP contribution in [0.1, 0.15) is 16.8 Å². The lowest BCUT2D eigenvalue weighted by Gasteiger charge is -2.10. The molecule has 20 heavy (non-hydrogen) atoms. The monoisotopic (exact) mass is 290 g/mol. The number of nitrogens with zero attached hydrogens (tertiary/aromatic N) is 2. The van der Waals surface area contributed by atoms with Crippen molar-refractivity contribution in [1.29, 1.82) is 0 Å². The molecule has 1 aliphatic heterocycles. The molecular weight excluding hydrogens is 276 g/mol. The van der Waals surface area contributed by atoms with E-state index in [0.717, 1.165) is 28.2 Å². The van der Waals surface area contributed by atoms with Crippen molar-refractivity contribution in [3.63, 3.8) is 0 Å². The second-order valence-corrected chi connectivity index (χ2v) is 5.39. The maximum atomic E-state index is 11.4. The SMILES string of the molecule is Cc1nn(C)cc1CNc1cc2c(cc1Cl)NC(=O)C2. The van der Waals surface area contributed by atoms with Gasteiger partial charge in [-0.05, 0) is 24.6 Å². The van der Waals surface area contributed by atoms with Crippen LogP contribution < -0.4 is 10.6 Å². The van der Waals surface area contributed by atoms with Crippen molar-refractivity contribution in [1.82, 2.24) is 9.78 Å². The largest absolute Gasteiger partial charge is 0.380 e. The lowest BCUT2D eigenvalue weighted by Crippen LogP contribution is -2.03. The number of aryl methyl sites for hydroxylation is 2. The molecule has 3 rings (SSSR count). The molecular formula is C14H15ClN4O. The number of aromatic nitrogens is 2. The molecule has 0 saturated carbocycles. The third-order valence-corrected chi connectivity index (χ3v) is 3.72. The molecule has 2 heterocycles. The van der Waals surface area contributed by atoms with Gasteiger partial charge in [0.1, 0.15) is 0 Å². The van der Waals surface area contributed by atoms with Crippen LogP contribution >= 0.6 is 11.6 Å². The highest BCUT2D eigenvalue weighted by atomic mass is 35.5. The molecule has 2 N–H and O–H groups in total. The van der Waals surface area contributed by atoms with Crippen LogP contribution in [-0.4, -0.2) is 15.7 Å². The van der Waals surface area contributed by atoms with E-state index in [2.05, 4.69) is 15.7 Å². The van der Waals surface area contributed by atoms with E-state index in [-0.39, 0.29) is 5.91 Å². The van der Waals surface area contributed by atoms with Crippen molar-refractivity contribution in [2.45, 2.75) is 19.9 Å². The number of carbonyl (C=O) groups is 1. The second kappa shape index (κ2) is 4.83. The summed E-state index contributed by atoms with van der Waals surface area (Å²) in [6.45, 7) is 2.63. The Morgan fingerprint density at radius 2 is 2.30 bits per heavy atom. The first-order valence-electron chi connectivity index (χ1n) is 6.38. The molecule has 0 spiro atoms. The summed E-state index contributed by atoms with van der Waals surface area (Å²) in [4.78, 5) is 11.4. The van der Waals surface area contributed by atoms with E-state index in [1.807, 2.05) is 26.2 Å². The average molecular weight is 291 g/mol. The highest BCUT2D eigenvalue weighted by Crippen LogP contribution is 2.33. The first kappa shape index (κ1) is 13.0. The molecule has 1 aromatic heterocycles. The van der Waals surface area contributed by atoms with Crippen LogP contribution in [0.5, 0.6) is 0 Å². The number of anilines is 2. The van der Waals surface area contributed by atoms with Gasteiger partial charge in [-0.2, -0.15) is 5.10 Å². The van der Waals surface area contributed by atoms with E-state index in [1.54, 1.807) is 10.7 Å². The minimum atomic E-state index is 0.0105. The summed E-state index contributed by atoms with van der Waals surface area (Å²) in [5.41, 5.74) is 4.74. The summed E-state index contributed by atoms with van der Waals surface area (Å²) in [6, 6.07) is 3.72. The number of fused-ring (bicyclic) bond motifs is 1. The molecule has 1 aromatic carbocycles. The molecule has 2 aromatic rings. The lowest BCUT2D eigenvalue weighted by molar-refractivity contribution is -0.115. The topological polar surface area (TPSA) is 59.0 Å². The number of hydrogen-bond donors (Lipinski definition) is 2. The van der Waals surface area contributed by atoms with Gasteiger partial charge >= 0.3 is 0 Å². The summed E-state index contributed by atoms with van der Waals surface area (Å²) in [7, 11) is 1.90. The number of carbonyl (C=O) groups excluding carboxylic acids is 1. The van der Waals surface area contributed by atoms with Crippen LogP contribution in [0.3, 0.4) is 0 Å². The Labute approximate surface area is 121 Å². The number of rotatable bonds is 3. The standard InChI is InChI=1S/C14H15ClN4O/c1-8-10(7-19(2)18-8)6-16-13-3-9-4-14(20)17-12(9)5-11(13)15/h3,5,7,16H,4,6H2,1-2H3,(H,17,20). The Balaban J connectivity index is 1.80. The summed E-state index contributed by atoms with van der Waals surface area (Å²) in [5.74, 6) is 0.0105. The molecule has 0 fully saturated rings. The average Bonchev–Trinajstić information content (AvgIpc) is 2.87. The highest BCUT2D eigenvalue weighted by molar-refractivity contribution is 6.33. The number of amides is 1. The Kier molecular flexibility index (Phi) is 3.14. The van der Waals surface area contributed by atoms with Crippen LogP contribution in [0.15, 0.2) is 18.3 Å². The zero-order valence-corrected chi connectivity index (χ0v) is 12.1. The predicted octanol–water partition coefficient (Wildman–Crippen LogP) is 2.49. The third kappa shape index (κ3) is 2.36. The van der Waals surface area contributed by atoms with Crippen molar-refractivity contribution in [2.24, 2.45) is 7.05 Å². The van der Waals surface area contributed by atoms with E-state index in [4.69, 9.17) is 11.6 Å². The normalized spacial score (nSPS) is 13.2. The summed E-state index contributed by atoms with van der Waals surface area (Å²) in [6.07, 6.45) is 2.39. The van der Waals surface area contributed by atoms with Gasteiger partial charge in [-0.15, -0.1) is 0 Å². The molecule has 1 aliphatic rings. The third-order valence-electron chi connectivity index (χ3n) is 3.40. The van der Waals surface area contributed by atoms with E-state index in [0.29, 0.717) is 18.0 Å². The molecule has 0 aliphatic carbocycles. The van der Waals surface area contributed by atoms with Crippen LogP contribution in [0.4, 0.5) is 11.4 Å². The van der Waals surface area contributed by atoms with Gasteiger partial charge in [0.2, 0.25) is 5.91 Å². The maximum absolute atomic E-state index is 11.4. The Morgan fingerprint density at radius 3 is 3.00 bits per heavy atom. The molecule has 0 unspecified atom stereocenters. The maximum Gasteiger partial charge on any atom is 0.228 e. The second-order valence-electron chi connectivity index (χ2n) is 4.98. The van der Waals surface area contributed by atoms with Gasteiger partial charge in [-0.25, -0.2) is 0 Å². The molecule has 5 nitrogen and oxygen atoms in total. The predicted molar refractivity (Wildman–Crippen MR) is 79.1 cm³/mol. The lowest BCUT2D eigenvalue weighted by atomic mass is 10.1. The van der Waals surface area contributed by atoms with Crippen LogP contribution in [0.25, 0.3) is 0 Å². The molecule has 6 heteroatoms. The number of halogens is 1. The Bertz CT molecular complexity index is 693. The highest BCUT2D eigenvalue weighted by Gasteiger charge is 2.19. The Morgan fingerprint density at radius 1 is 1.50 bits per heavy atom. The number of hydrogen-bond acceptors (Lipinski definition) is 3. The van der Waals surface area contributed by atoms with Gasteiger partial charge in [0.25, 0.3) is 0 Å². The van der Waals surface area contributed by atoms with Crippen molar-refractivity contribution >= 4 is 28.9 Å². The van der Waals surface area contributed by atoms with Crippen molar-refractivity contribution in [2.75, 3.05) is 10.6 Å². The van der Waals surface area contributed by atoms with E-state index in [9.17, 15) is 4.79 Å². The van der Waals surface area contributed by atoms with Crippen molar-refractivity contribution < 1.29 is 4.79 Å². The Hall–Kier alpha value is -2.01. The fourth-order valence-electron chi connectivity index (χ4n) is 2.40. The molecule has 0 radical (unpaired) electrons. The van der Waals surface area contributed by atoms with E-state index < -0.39 is 0 Å². The fraction of sp³-hybridized carbons (Fsp3) is 0.286. The molecule has 0 bridgehead atoms. The minimum absolute atomic E-state index is 0.0105. The van der Waals surface area contributed by atoms with Crippen molar-refractivity contribution in [3.05, 3.63) is 40.2 Å². The minimum Gasteiger partial charge on any atom is -0.380 e. The smallest absolute Gasteiger partial charge is 0.228 e. The van der Waals surface area contributed by atoms with E-state index in [1.165, 1.54) is 0 Å². The van der Waals surface area contributed by atoms with Gasteiger partial charge in [0.05, 0.1) is 22.8 Å². The number of benzene rings is 1. The summed E-state index contributed by atoms with van der Waals surface area (Å²) < 4.78 is 1.79. The first-order valence-corrected chi connectivity index (χ1v) is 6.76. The van der Waals surface area contributed by atoms with Gasteiger partial charge in [0.15, 0.2) is 0 Å². The zero-order chi connectivity index (χ0) is 14.3. The van der Waals surface area contributed by atoms with Crippen LogP contribution in [0.2, 0.25) is 5.02 Å². The van der Waals surface area contributed by atoms with Gasteiger partial charge in [-0.3, -0.25) is 9.48 Å². The fourth-order valence-corrected chi connectivity index (χ4v) is 2.63. The quantitative estimate of drug-likeness (QED) is 0.913. The zero-order valence-electron chi connectivity index (χ0n) is 11.3. The number of nitrogens with one attached hydrogen (secondary N) is 2. The molecule has 0 atom stereocenters. The summed E-state index contributed by atoms with van der Waals surface area (Å²) in [5, 5.41) is 11.0. The molecule has 0 saturated heterocycles. The van der Waals surface area contributed by atoms with Gasteiger partial charge in [0, 0.05) is 31.0 Å². The van der Waals surface area contributed by atoms with Gasteiger partial charge in [-0.1, -0.05) is 11.6 Å². The molecule has 1 amide bonds. The van der Waals surface area contributed by atoms with Gasteiger partial charge < -0.3 is 10.6 Å². The van der Waals surface area contributed by atoms with Crippen LogP contribution in [-0.2, 0) is 24.8 Å². The van der Waals surface area contributed by atoms with Crippen LogP contribution in [0, 0.1) is 6.92 Å². The first-order chi connectivity index (χ1) is 9.52. The van der Waals surface area contributed by atoms with E-state index >= 15 is 0 Å². The van der Waals surface area contributed by atoms with Crippen molar-refractivity contribution in [3.8, 4) is 0 Å². The molecule has 104 valence electrons. The summed E-state index contributed by atoms with van der Waals surface area (Å²) >= 11 is 6.23.